The van der Waals surface area contributed by atoms with Gasteiger partial charge in [-0.3, -0.25) is 0 Å². The van der Waals surface area contributed by atoms with Gasteiger partial charge in [-0.2, -0.15) is 0 Å². The van der Waals surface area contributed by atoms with Gasteiger partial charge in [-0.1, -0.05) is 158 Å². The fourth-order valence-corrected chi connectivity index (χ4v) is 16.6. The number of aryl methyl sites for hydroxylation is 1. The lowest BCUT2D eigenvalue weighted by molar-refractivity contribution is 1.17. The standard InChI is InChI=1S/C59H46N2S2/c1-45-24-20-21-41-56(45)59-60-57(46-25-22-39-54(42-46)62(48-27-8-2-9-28-48,49-29-10-3-11-30-49)50-31-12-4-13-32-50)44-58(61-59)47-26-23-40-55(43-47)63(51-33-14-5-15-34-51,52-35-16-6-17-36-52)53-37-18-7-19-38-53/h2-44H,1H3. The highest BCUT2D eigenvalue weighted by Crippen LogP contribution is 2.74. The second-order valence-electron chi connectivity index (χ2n) is 15.4. The van der Waals surface area contributed by atoms with Gasteiger partial charge in [-0.25, -0.2) is 9.97 Å². The van der Waals surface area contributed by atoms with Crippen LogP contribution in [0.4, 0.5) is 0 Å². The minimum atomic E-state index is -1.91. The molecule has 0 saturated heterocycles. The molecule has 0 amide bonds. The van der Waals surface area contributed by atoms with Gasteiger partial charge in [-0.05, 0) is 116 Å². The number of nitrogens with zero attached hydrogens (tertiary/aromatic N) is 2. The number of aromatic nitrogens is 2. The molecule has 0 N–H and O–H groups in total. The Morgan fingerprint density at radius 3 is 0.873 bits per heavy atom. The molecule has 1 aromatic heterocycles. The zero-order valence-electron chi connectivity index (χ0n) is 35.0. The summed E-state index contributed by atoms with van der Waals surface area (Å²) >= 11 is 0. The van der Waals surface area contributed by atoms with E-state index in [9.17, 15) is 0 Å². The van der Waals surface area contributed by atoms with Crippen LogP contribution in [0.1, 0.15) is 5.56 Å². The molecule has 9 aromatic carbocycles. The van der Waals surface area contributed by atoms with Crippen LogP contribution in [-0.2, 0) is 0 Å². The summed E-state index contributed by atoms with van der Waals surface area (Å²) in [7, 11) is -3.83. The summed E-state index contributed by atoms with van der Waals surface area (Å²) in [5.74, 6) is 0.706. The van der Waals surface area contributed by atoms with Crippen LogP contribution in [-0.4, -0.2) is 9.97 Å². The van der Waals surface area contributed by atoms with E-state index < -0.39 is 20.1 Å². The Hall–Kier alpha value is -7.24. The number of hydrogen-bond acceptors (Lipinski definition) is 2. The van der Waals surface area contributed by atoms with Crippen molar-refractivity contribution in [1.29, 1.82) is 0 Å². The molecule has 4 heteroatoms. The Kier molecular flexibility index (Phi) is 11.2. The van der Waals surface area contributed by atoms with E-state index in [0.29, 0.717) is 5.82 Å². The summed E-state index contributed by atoms with van der Waals surface area (Å²) in [6.45, 7) is 2.14. The molecule has 0 spiro atoms. The molecule has 0 atom stereocenters. The number of rotatable bonds is 11. The first-order chi connectivity index (χ1) is 31.2. The normalized spacial score (nSPS) is 12.1. The summed E-state index contributed by atoms with van der Waals surface area (Å²) in [6.07, 6.45) is 0. The maximum absolute atomic E-state index is 5.42. The van der Waals surface area contributed by atoms with Gasteiger partial charge in [-0.15, -0.1) is 20.1 Å². The third-order valence-electron chi connectivity index (χ3n) is 11.7. The summed E-state index contributed by atoms with van der Waals surface area (Å²) in [4.78, 5) is 21.0. The minimum absolute atomic E-state index is 0.706. The molecular weight excluding hydrogens is 801 g/mol. The monoisotopic (exact) mass is 846 g/mol. The highest BCUT2D eigenvalue weighted by molar-refractivity contribution is 8.34. The van der Waals surface area contributed by atoms with Gasteiger partial charge < -0.3 is 0 Å². The predicted octanol–water partition coefficient (Wildman–Crippen LogP) is 16.5. The van der Waals surface area contributed by atoms with Crippen molar-refractivity contribution in [1.82, 2.24) is 9.97 Å². The largest absolute Gasteiger partial charge is 0.228 e. The molecule has 0 bridgehead atoms. The fraction of sp³-hybridized carbons (Fsp3) is 0.0169. The van der Waals surface area contributed by atoms with Crippen molar-refractivity contribution in [2.24, 2.45) is 0 Å². The van der Waals surface area contributed by atoms with E-state index in [0.717, 1.165) is 33.6 Å². The van der Waals surface area contributed by atoms with E-state index in [1.165, 1.54) is 39.2 Å². The van der Waals surface area contributed by atoms with E-state index in [-0.39, 0.29) is 0 Å². The Balaban J connectivity index is 1.21. The first kappa shape index (κ1) is 39.9. The molecule has 2 nitrogen and oxygen atoms in total. The van der Waals surface area contributed by atoms with Gasteiger partial charge in [0.1, 0.15) is 0 Å². The van der Waals surface area contributed by atoms with E-state index >= 15 is 0 Å². The molecule has 10 rings (SSSR count). The predicted molar refractivity (Wildman–Crippen MR) is 263 cm³/mol. The lowest BCUT2D eigenvalue weighted by Crippen LogP contribution is -2.06. The quantitative estimate of drug-likeness (QED) is 0.130. The van der Waals surface area contributed by atoms with Gasteiger partial charge in [0.15, 0.2) is 5.82 Å². The molecule has 0 aliphatic carbocycles. The van der Waals surface area contributed by atoms with Crippen molar-refractivity contribution >= 4 is 20.1 Å². The van der Waals surface area contributed by atoms with Crippen molar-refractivity contribution in [2.75, 3.05) is 0 Å². The Morgan fingerprint density at radius 2 is 0.556 bits per heavy atom. The van der Waals surface area contributed by atoms with Gasteiger partial charge in [0.25, 0.3) is 0 Å². The van der Waals surface area contributed by atoms with Crippen LogP contribution in [0.3, 0.4) is 0 Å². The molecule has 0 saturated carbocycles. The first-order valence-electron chi connectivity index (χ1n) is 21.3. The third-order valence-corrected chi connectivity index (χ3v) is 19.5. The molecule has 0 fully saturated rings. The van der Waals surface area contributed by atoms with Crippen molar-refractivity contribution in [3.05, 3.63) is 266 Å². The Morgan fingerprint density at radius 1 is 0.270 bits per heavy atom. The lowest BCUT2D eigenvalue weighted by atomic mass is 10.0. The highest BCUT2D eigenvalue weighted by Gasteiger charge is 2.35. The Bertz CT molecular complexity index is 2720. The number of hydrogen-bond donors (Lipinski definition) is 0. The van der Waals surface area contributed by atoms with Crippen LogP contribution in [0.2, 0.25) is 0 Å². The summed E-state index contributed by atoms with van der Waals surface area (Å²) in [6, 6.07) is 94.8. The highest BCUT2D eigenvalue weighted by atomic mass is 32.3. The van der Waals surface area contributed by atoms with E-state index in [1.807, 2.05) is 0 Å². The van der Waals surface area contributed by atoms with Gasteiger partial charge in [0, 0.05) is 55.9 Å². The SMILES string of the molecule is Cc1ccccc1-c1nc(-c2cccc(S(c3ccccc3)(c3ccccc3)c3ccccc3)c2)cc(-c2cccc(S(c3ccccc3)(c3ccccc3)c3ccccc3)c2)n1. The molecule has 63 heavy (non-hydrogen) atoms. The van der Waals surface area contributed by atoms with E-state index in [1.54, 1.807) is 0 Å². The Labute approximate surface area is 374 Å². The summed E-state index contributed by atoms with van der Waals surface area (Å²) in [5, 5.41) is 0. The third kappa shape index (κ3) is 7.38. The smallest absolute Gasteiger partial charge is 0.160 e. The molecule has 0 aliphatic heterocycles. The summed E-state index contributed by atoms with van der Waals surface area (Å²) < 4.78 is 0. The maximum Gasteiger partial charge on any atom is 0.160 e. The second kappa shape index (κ2) is 17.6. The first-order valence-corrected chi connectivity index (χ1v) is 24.6. The van der Waals surface area contributed by atoms with E-state index in [4.69, 9.17) is 9.97 Å². The van der Waals surface area contributed by atoms with Gasteiger partial charge in [0.05, 0.1) is 11.4 Å². The minimum Gasteiger partial charge on any atom is -0.228 e. The van der Waals surface area contributed by atoms with Crippen LogP contribution < -0.4 is 0 Å². The van der Waals surface area contributed by atoms with Crippen LogP contribution >= 0.6 is 20.1 Å². The average molecular weight is 847 g/mol. The molecular formula is C59H46N2S2. The van der Waals surface area contributed by atoms with Crippen LogP contribution in [0.25, 0.3) is 33.9 Å². The fourth-order valence-electron chi connectivity index (χ4n) is 8.76. The molecule has 10 aromatic rings. The molecule has 1 heterocycles. The summed E-state index contributed by atoms with van der Waals surface area (Å²) in [5.41, 5.74) is 5.98. The zero-order valence-corrected chi connectivity index (χ0v) is 36.7. The van der Waals surface area contributed by atoms with Crippen molar-refractivity contribution < 1.29 is 0 Å². The van der Waals surface area contributed by atoms with Crippen molar-refractivity contribution in [2.45, 2.75) is 46.1 Å². The van der Waals surface area contributed by atoms with Crippen LogP contribution in [0.15, 0.2) is 300 Å². The zero-order chi connectivity index (χ0) is 42.5. The van der Waals surface area contributed by atoms with Crippen LogP contribution in [0, 0.1) is 6.92 Å². The molecule has 0 radical (unpaired) electrons. The second-order valence-corrected chi connectivity index (χ2v) is 21.7. The molecule has 0 unspecified atom stereocenters. The van der Waals surface area contributed by atoms with Gasteiger partial charge >= 0.3 is 0 Å². The van der Waals surface area contributed by atoms with Crippen molar-refractivity contribution in [3.63, 3.8) is 0 Å². The number of benzene rings is 9. The maximum atomic E-state index is 5.42. The van der Waals surface area contributed by atoms with Crippen molar-refractivity contribution in [3.8, 4) is 33.9 Å². The van der Waals surface area contributed by atoms with E-state index in [2.05, 4.69) is 268 Å². The molecule has 304 valence electrons. The lowest BCUT2D eigenvalue weighted by Gasteiger charge is -2.42. The average Bonchev–Trinajstić information content (AvgIpc) is 3.37. The topological polar surface area (TPSA) is 25.8 Å². The molecule has 0 aliphatic rings. The van der Waals surface area contributed by atoms with Crippen LogP contribution in [0.5, 0.6) is 0 Å². The van der Waals surface area contributed by atoms with Gasteiger partial charge in [0.2, 0.25) is 0 Å².